The van der Waals surface area contributed by atoms with Gasteiger partial charge in [-0.1, -0.05) is 47.3 Å². The van der Waals surface area contributed by atoms with E-state index in [1.54, 1.807) is 24.3 Å². The van der Waals surface area contributed by atoms with Gasteiger partial charge < -0.3 is 4.74 Å². The number of hydrogen-bond donors (Lipinski definition) is 0. The van der Waals surface area contributed by atoms with Crippen molar-refractivity contribution in [1.82, 2.24) is 0 Å². The molecule has 0 radical (unpaired) electrons. The Labute approximate surface area is 116 Å². The lowest BCUT2D eigenvalue weighted by atomic mass is 10.1. The first kappa shape index (κ1) is 14.5. The van der Waals surface area contributed by atoms with E-state index < -0.39 is 0 Å². The summed E-state index contributed by atoms with van der Waals surface area (Å²) in [5.74, 6) is -0.336. The van der Waals surface area contributed by atoms with Crippen LogP contribution >= 0.6 is 15.9 Å². The fourth-order valence-corrected chi connectivity index (χ4v) is 1.88. The van der Waals surface area contributed by atoms with Crippen molar-refractivity contribution in [2.75, 3.05) is 6.61 Å². The molecule has 0 heterocycles. The van der Waals surface area contributed by atoms with E-state index in [1.165, 1.54) is 0 Å². The van der Waals surface area contributed by atoms with Crippen LogP contribution in [0.15, 0.2) is 59.6 Å². The lowest BCUT2D eigenvalue weighted by molar-refractivity contribution is 0.0542. The molecular formula is C15H15BrO2. The second-order valence-electron chi connectivity index (χ2n) is 3.72. The molecule has 0 spiro atoms. The van der Waals surface area contributed by atoms with E-state index in [2.05, 4.69) is 29.1 Å². The van der Waals surface area contributed by atoms with Crippen LogP contribution in [0.5, 0.6) is 0 Å². The smallest absolute Gasteiger partial charge is 0.338 e. The molecule has 0 aliphatic heterocycles. The molecule has 0 fully saturated rings. The van der Waals surface area contributed by atoms with Gasteiger partial charge in [0.1, 0.15) is 6.61 Å². The van der Waals surface area contributed by atoms with E-state index in [-0.39, 0.29) is 12.6 Å². The highest BCUT2D eigenvalue weighted by Crippen LogP contribution is 2.17. The number of ether oxygens (including phenoxy) is 1. The van der Waals surface area contributed by atoms with Gasteiger partial charge in [-0.2, -0.15) is 0 Å². The van der Waals surface area contributed by atoms with Crippen LogP contribution in [0.2, 0.25) is 0 Å². The Kier molecular flexibility index (Phi) is 5.59. The summed E-state index contributed by atoms with van der Waals surface area (Å²) in [7, 11) is 0. The Bertz CT molecular complexity index is 501. The number of allylic oxidation sites excluding steroid dienone is 2. The molecule has 1 rings (SSSR count). The summed E-state index contributed by atoms with van der Waals surface area (Å²) in [6.07, 6.45) is 5.04. The predicted octanol–water partition coefficient (Wildman–Crippen LogP) is 4.21. The average molecular weight is 307 g/mol. The van der Waals surface area contributed by atoms with Gasteiger partial charge >= 0.3 is 5.97 Å². The molecule has 0 amide bonds. The van der Waals surface area contributed by atoms with E-state index in [4.69, 9.17) is 4.74 Å². The fraction of sp³-hybridized carbons (Fsp3) is 0.133. The molecule has 3 heteroatoms. The van der Waals surface area contributed by atoms with Crippen molar-refractivity contribution in [3.63, 3.8) is 0 Å². The van der Waals surface area contributed by atoms with Gasteiger partial charge in [0.25, 0.3) is 0 Å². The minimum absolute atomic E-state index is 0.198. The maximum atomic E-state index is 11.9. The van der Waals surface area contributed by atoms with Gasteiger partial charge in [0, 0.05) is 4.47 Å². The topological polar surface area (TPSA) is 26.3 Å². The minimum Gasteiger partial charge on any atom is -0.457 e. The quantitative estimate of drug-likeness (QED) is 0.601. The zero-order valence-corrected chi connectivity index (χ0v) is 11.9. The fourth-order valence-electron chi connectivity index (χ4n) is 1.41. The van der Waals surface area contributed by atoms with Crippen LogP contribution in [-0.4, -0.2) is 12.6 Å². The lowest BCUT2D eigenvalue weighted by Gasteiger charge is -2.07. The van der Waals surface area contributed by atoms with Crippen LogP contribution in [0.3, 0.4) is 0 Å². The van der Waals surface area contributed by atoms with Crippen LogP contribution in [0.25, 0.3) is 0 Å². The molecule has 0 unspecified atom stereocenters. The molecule has 2 nitrogen and oxygen atoms in total. The molecule has 18 heavy (non-hydrogen) atoms. The Morgan fingerprint density at radius 1 is 1.44 bits per heavy atom. The van der Waals surface area contributed by atoms with Crippen LogP contribution in [0.4, 0.5) is 0 Å². The summed E-state index contributed by atoms with van der Waals surface area (Å²) in [6.45, 7) is 9.30. The van der Waals surface area contributed by atoms with Gasteiger partial charge in [0.05, 0.1) is 5.56 Å². The highest BCUT2D eigenvalue weighted by molar-refractivity contribution is 9.10. The van der Waals surface area contributed by atoms with Crippen LogP contribution < -0.4 is 0 Å². The Morgan fingerprint density at radius 2 is 2.17 bits per heavy atom. The van der Waals surface area contributed by atoms with Gasteiger partial charge in [-0.15, -0.1) is 0 Å². The number of esters is 1. The van der Waals surface area contributed by atoms with Gasteiger partial charge in [-0.3, -0.25) is 0 Å². The number of hydrogen-bond acceptors (Lipinski definition) is 2. The largest absolute Gasteiger partial charge is 0.457 e. The van der Waals surface area contributed by atoms with E-state index in [0.717, 1.165) is 15.6 Å². The number of rotatable bonds is 5. The molecule has 0 saturated heterocycles. The van der Waals surface area contributed by atoms with Crippen molar-refractivity contribution < 1.29 is 9.53 Å². The normalized spacial score (nSPS) is 10.9. The first-order valence-corrected chi connectivity index (χ1v) is 6.25. The molecule has 0 aliphatic carbocycles. The highest BCUT2D eigenvalue weighted by Gasteiger charge is 2.10. The third-order valence-electron chi connectivity index (χ3n) is 2.37. The van der Waals surface area contributed by atoms with E-state index in [0.29, 0.717) is 5.56 Å². The molecule has 1 aromatic carbocycles. The Balaban J connectivity index is 2.74. The van der Waals surface area contributed by atoms with Crippen LogP contribution in [0.1, 0.15) is 15.9 Å². The molecule has 0 saturated carbocycles. The number of carbonyl (C=O) groups is 1. The molecule has 0 aliphatic rings. The van der Waals surface area contributed by atoms with Crippen LogP contribution in [-0.2, 0) is 4.74 Å². The monoisotopic (exact) mass is 306 g/mol. The second kappa shape index (κ2) is 6.97. The van der Waals surface area contributed by atoms with Crippen molar-refractivity contribution in [3.05, 3.63) is 70.8 Å². The van der Waals surface area contributed by atoms with E-state index in [9.17, 15) is 4.79 Å². The number of benzene rings is 1. The third kappa shape index (κ3) is 4.00. The molecule has 0 bridgehead atoms. The lowest BCUT2D eigenvalue weighted by Crippen LogP contribution is -2.09. The summed E-state index contributed by atoms with van der Waals surface area (Å²) in [4.78, 5) is 11.9. The average Bonchev–Trinajstić information content (AvgIpc) is 2.34. The Morgan fingerprint density at radius 3 is 2.72 bits per heavy atom. The summed E-state index contributed by atoms with van der Waals surface area (Å²) in [5.41, 5.74) is 2.26. The molecule has 0 N–H and O–H groups in total. The zero-order chi connectivity index (χ0) is 13.5. The van der Waals surface area contributed by atoms with Crippen molar-refractivity contribution in [2.45, 2.75) is 6.92 Å². The minimum atomic E-state index is -0.336. The maximum Gasteiger partial charge on any atom is 0.338 e. The first-order valence-electron chi connectivity index (χ1n) is 5.45. The summed E-state index contributed by atoms with van der Waals surface area (Å²) < 4.78 is 6.15. The first-order chi connectivity index (χ1) is 8.58. The van der Waals surface area contributed by atoms with Gasteiger partial charge in [-0.05, 0) is 36.3 Å². The third-order valence-corrected chi connectivity index (χ3v) is 2.87. The van der Waals surface area contributed by atoms with E-state index in [1.807, 2.05) is 19.1 Å². The molecule has 0 aromatic heterocycles. The van der Waals surface area contributed by atoms with Crippen molar-refractivity contribution >= 4 is 21.9 Å². The summed E-state index contributed by atoms with van der Waals surface area (Å²) in [6, 6.07) is 5.44. The number of aryl methyl sites for hydroxylation is 1. The standard InChI is InChI=1S/C15H15BrO2/c1-4-6-12(5-2)10-18-15(17)14-8-7-13(16)9-11(14)3/h4-9H,1-2,10H2,3H3/b12-6+. The predicted molar refractivity (Wildman–Crippen MR) is 77.6 cm³/mol. The molecule has 94 valence electrons. The van der Waals surface area contributed by atoms with Crippen LogP contribution in [0, 0.1) is 6.92 Å². The summed E-state index contributed by atoms with van der Waals surface area (Å²) in [5, 5.41) is 0. The number of carbonyl (C=O) groups excluding carboxylic acids is 1. The maximum absolute atomic E-state index is 11.9. The molecular weight excluding hydrogens is 292 g/mol. The Hall–Kier alpha value is -1.61. The molecule has 0 atom stereocenters. The van der Waals surface area contributed by atoms with Gasteiger partial charge in [0.2, 0.25) is 0 Å². The molecule has 1 aromatic rings. The highest BCUT2D eigenvalue weighted by atomic mass is 79.9. The second-order valence-corrected chi connectivity index (χ2v) is 4.63. The van der Waals surface area contributed by atoms with Gasteiger partial charge in [0.15, 0.2) is 0 Å². The van der Waals surface area contributed by atoms with Gasteiger partial charge in [-0.25, -0.2) is 4.79 Å². The summed E-state index contributed by atoms with van der Waals surface area (Å²) >= 11 is 3.35. The van der Waals surface area contributed by atoms with E-state index >= 15 is 0 Å². The van der Waals surface area contributed by atoms with Crippen molar-refractivity contribution in [1.29, 1.82) is 0 Å². The number of halogens is 1. The SMILES string of the molecule is C=C/C=C(\C=C)COC(=O)c1ccc(Br)cc1C. The van der Waals surface area contributed by atoms with Crippen molar-refractivity contribution in [3.8, 4) is 0 Å². The zero-order valence-electron chi connectivity index (χ0n) is 10.3. The van der Waals surface area contributed by atoms with Crippen molar-refractivity contribution in [2.24, 2.45) is 0 Å².